The average molecular weight is 1390 g/mol. The van der Waals surface area contributed by atoms with Crippen LogP contribution in [-0.2, 0) is 60.0 Å². The van der Waals surface area contributed by atoms with Crippen molar-refractivity contribution in [3.05, 3.63) is 121 Å². The predicted octanol–water partition coefficient (Wildman–Crippen LogP) is 9.06. The van der Waals surface area contributed by atoms with Gasteiger partial charge in [-0.05, 0) is 79.2 Å². The first kappa shape index (κ1) is 66.2. The number of rotatable bonds is 20. The summed E-state index contributed by atoms with van der Waals surface area (Å²) in [5.41, 5.74) is -5.91. The molecule has 0 amide bonds. The number of hydrogen-bond acceptors (Lipinski definition) is 30. The second kappa shape index (κ2) is 24.3. The summed E-state index contributed by atoms with van der Waals surface area (Å²) in [5.74, 6) is -6.11. The number of aromatic amines is 1. The lowest BCUT2D eigenvalue weighted by atomic mass is 10.0. The van der Waals surface area contributed by atoms with Gasteiger partial charge in [0, 0.05) is 28.3 Å². The summed E-state index contributed by atoms with van der Waals surface area (Å²) in [7, 11) is -27.2. The molecule has 0 aliphatic carbocycles. The van der Waals surface area contributed by atoms with E-state index in [-0.39, 0.29) is 23.3 Å². The van der Waals surface area contributed by atoms with Crippen molar-refractivity contribution >= 4 is 165 Å². The quantitative estimate of drug-likeness (QED) is 0.00643. The number of non-ortho nitro benzene ring substituents is 1. The van der Waals surface area contributed by atoms with Crippen LogP contribution in [-0.4, -0.2) is 117 Å². The average Bonchev–Trinajstić information content (AvgIpc) is 0.877. The molecule has 7 aromatic carbocycles. The van der Waals surface area contributed by atoms with Crippen molar-refractivity contribution in [2.24, 2.45) is 40.9 Å². The minimum Gasteiger partial charge on any atom is -0.505 e. The SMILES string of the molecule is Cc1cc(S(=O)(=O)O)cc(Cl)c1-n1[nH]c(C(=O)O)c(N=Nc2ccc(N=Nc3c(S(=O)(=O)O)cc4c(S(=O)(=O)O)c(N=Nc5cc(S(=O)(=O)O)c6cc(SOOO)c(N=Nc7cc([N+](=O)[O-])ccc7C(=O)O)c(O)c6c5N)ccc4c3O)cc2S(=O)(=O)O)c1=O. The third-order valence-corrected chi connectivity index (χ3v) is 17.3. The van der Waals surface area contributed by atoms with Gasteiger partial charge in [-0.3, -0.25) is 42.8 Å². The Morgan fingerprint density at radius 2 is 1.23 bits per heavy atom. The molecule has 0 atom stereocenters. The van der Waals surface area contributed by atoms with E-state index < -0.39 is 209 Å². The van der Waals surface area contributed by atoms with Crippen molar-refractivity contribution in [1.82, 2.24) is 9.78 Å². The summed E-state index contributed by atoms with van der Waals surface area (Å²) in [4.78, 5) is 41.6. The number of hydrogen-bond donors (Lipinski definition) is 12. The number of nitrogen functional groups attached to an aromatic ring is 1. The summed E-state index contributed by atoms with van der Waals surface area (Å²) in [6.45, 7) is 1.22. The number of phenols is 2. The largest absolute Gasteiger partial charge is 0.505 e. The molecule has 0 aliphatic rings. The lowest BCUT2D eigenvalue weighted by Crippen LogP contribution is -2.16. The summed E-state index contributed by atoms with van der Waals surface area (Å²) in [6, 6.07) is 8.85. The Morgan fingerprint density at radius 1 is 0.633 bits per heavy atom. The Hall–Kier alpha value is -9.72. The highest BCUT2D eigenvalue weighted by Gasteiger charge is 2.31. The molecule has 39 nitrogen and oxygen atoms in total. The second-order valence-electron chi connectivity index (χ2n) is 17.6. The number of phenolic OH excluding ortho intramolecular Hbond substituents is 2. The number of carbonyl (C=O) groups is 2. The molecule has 0 unspecified atom stereocenters. The van der Waals surface area contributed by atoms with Crippen molar-refractivity contribution in [1.29, 1.82) is 0 Å². The van der Waals surface area contributed by atoms with Crippen LogP contribution in [0.4, 0.5) is 56.9 Å². The number of nitro benzene ring substituents is 1. The van der Waals surface area contributed by atoms with Gasteiger partial charge in [0.05, 0.1) is 59.8 Å². The van der Waals surface area contributed by atoms with Crippen LogP contribution in [0.2, 0.25) is 5.02 Å². The van der Waals surface area contributed by atoms with Crippen LogP contribution in [0, 0.1) is 17.0 Å². The van der Waals surface area contributed by atoms with Gasteiger partial charge < -0.3 is 26.2 Å². The van der Waals surface area contributed by atoms with Crippen LogP contribution in [0.5, 0.6) is 11.5 Å². The first-order valence-electron chi connectivity index (χ1n) is 22.9. The number of aromatic hydroxyl groups is 2. The summed E-state index contributed by atoms with van der Waals surface area (Å²) >= 11 is 6.17. The highest BCUT2D eigenvalue weighted by atomic mass is 35.5. The van der Waals surface area contributed by atoms with E-state index in [1.165, 1.54) is 6.92 Å². The number of nitro groups is 1. The van der Waals surface area contributed by atoms with Gasteiger partial charge in [0.1, 0.15) is 53.7 Å². The summed E-state index contributed by atoms with van der Waals surface area (Å²) in [6.07, 6.45) is 0. The third-order valence-electron chi connectivity index (χ3n) is 12.0. The van der Waals surface area contributed by atoms with E-state index in [4.69, 9.17) is 22.6 Å². The number of nitrogens with two attached hydrogens (primary N) is 1. The molecule has 470 valence electrons. The van der Waals surface area contributed by atoms with Crippen LogP contribution in [0.25, 0.3) is 27.2 Å². The van der Waals surface area contributed by atoms with E-state index in [0.717, 1.165) is 42.5 Å². The number of nitrogens with zero attached hydrogens (tertiary/aromatic N) is 10. The molecule has 1 heterocycles. The second-order valence-corrected chi connectivity index (χ2v) is 25.7. The van der Waals surface area contributed by atoms with Gasteiger partial charge in [-0.2, -0.15) is 47.2 Å². The Bertz CT molecular complexity index is 5270. The Labute approximate surface area is 507 Å². The molecule has 0 aliphatic heterocycles. The van der Waals surface area contributed by atoms with Gasteiger partial charge in [-0.25, -0.2) is 19.5 Å². The molecular formula is C44H29ClN12O27S6. The van der Waals surface area contributed by atoms with E-state index in [0.29, 0.717) is 41.1 Å². The van der Waals surface area contributed by atoms with Gasteiger partial charge in [0.25, 0.3) is 61.8 Å². The number of aromatic nitrogens is 2. The van der Waals surface area contributed by atoms with Crippen LogP contribution < -0.4 is 11.3 Å². The molecule has 13 N–H and O–H groups in total. The topological polar surface area (TPSA) is 631 Å². The zero-order chi connectivity index (χ0) is 66.7. The number of nitrogens with one attached hydrogen (secondary N) is 1. The van der Waals surface area contributed by atoms with Crippen molar-refractivity contribution in [3.8, 4) is 17.2 Å². The van der Waals surface area contributed by atoms with Crippen LogP contribution in [0.15, 0.2) is 154 Å². The molecule has 0 spiro atoms. The molecule has 0 radical (unpaired) electrons. The molecule has 1 aromatic heterocycles. The third kappa shape index (κ3) is 13.3. The van der Waals surface area contributed by atoms with Gasteiger partial charge in [0.2, 0.25) is 0 Å². The van der Waals surface area contributed by atoms with E-state index in [2.05, 4.69) is 55.4 Å². The molecule has 8 aromatic rings. The van der Waals surface area contributed by atoms with E-state index in [9.17, 15) is 110 Å². The standard InChI is InChI=1S/C44H29ClN12O27S6/c1-15-8-18(86(68,69)70)11-23(45)38(15)56-42(60)36(37(55-56)44(63)64)54-48-24-6-2-16(9-30(24)88(74,75)76)47-53-35-31(89(77,78)79)13-21-19(39(35)58)5-7-25(41(21)90(80,81)82)49-51-27-14-29(87(71,72)73)22-12-28(85-84-83-67)34(40(59)32(22)33(27)46)52-50-26-10-17(57(65)66)3-4-20(26)43(61)62/h2-14,55,58-59,67H,46H2,1H3,(H,61,62)(H,63,64)(H,68,69,70)(H,71,72,73)(H,74,75,76)(H,77,78,79)(H,80,81,82). The Morgan fingerprint density at radius 3 is 1.81 bits per heavy atom. The number of H-pyrrole nitrogens is 1. The van der Waals surface area contributed by atoms with E-state index in [1.807, 2.05) is 0 Å². The van der Waals surface area contributed by atoms with Crippen LogP contribution in [0.3, 0.4) is 0 Å². The monoisotopic (exact) mass is 1380 g/mol. The molecule has 0 saturated carbocycles. The number of azo groups is 4. The molecular weight excluding hydrogens is 1360 g/mol. The van der Waals surface area contributed by atoms with Crippen molar-refractivity contribution in [2.75, 3.05) is 5.73 Å². The zero-order valence-corrected chi connectivity index (χ0v) is 48.9. The molecule has 90 heavy (non-hydrogen) atoms. The fourth-order valence-electron chi connectivity index (χ4n) is 8.18. The highest BCUT2D eigenvalue weighted by Crippen LogP contribution is 2.51. The van der Waals surface area contributed by atoms with Gasteiger partial charge in [0.15, 0.2) is 22.9 Å². The minimum absolute atomic E-state index is 0.0225. The Kier molecular flexibility index (Phi) is 17.9. The van der Waals surface area contributed by atoms with Crippen LogP contribution in [0.1, 0.15) is 26.4 Å². The fourth-order valence-corrected chi connectivity index (χ4v) is 12.5. The van der Waals surface area contributed by atoms with Gasteiger partial charge in [-0.1, -0.05) is 16.6 Å². The maximum absolute atomic E-state index is 13.5. The van der Waals surface area contributed by atoms with Gasteiger partial charge >= 0.3 is 11.9 Å². The number of aromatic carboxylic acids is 2. The number of aryl methyl sites for hydroxylation is 1. The van der Waals surface area contributed by atoms with E-state index in [1.54, 1.807) is 0 Å². The zero-order valence-electron chi connectivity index (χ0n) is 43.3. The molecule has 8 rings (SSSR count). The molecule has 46 heteroatoms. The fraction of sp³-hybridized carbons (Fsp3) is 0.0227. The molecule has 0 bridgehead atoms. The highest BCUT2D eigenvalue weighted by molar-refractivity contribution is 7.94. The normalized spacial score (nSPS) is 12.8. The molecule has 0 saturated heterocycles. The maximum Gasteiger partial charge on any atom is 0.356 e. The molecule has 0 fully saturated rings. The van der Waals surface area contributed by atoms with Crippen molar-refractivity contribution in [3.63, 3.8) is 0 Å². The van der Waals surface area contributed by atoms with Crippen molar-refractivity contribution in [2.45, 2.75) is 36.3 Å². The number of fused-ring (bicyclic) bond motifs is 2. The summed E-state index contributed by atoms with van der Waals surface area (Å²) < 4.78 is 182. The lowest BCUT2D eigenvalue weighted by molar-refractivity contribution is -0.432. The van der Waals surface area contributed by atoms with Crippen molar-refractivity contribution < 1.29 is 114 Å². The first-order valence-corrected chi connectivity index (χ1v) is 31.2. The maximum atomic E-state index is 13.5. The van der Waals surface area contributed by atoms with Gasteiger partial charge in [-0.15, -0.1) is 40.1 Å². The summed E-state index contributed by atoms with van der Waals surface area (Å²) in [5, 5.41) is 94.0. The number of benzene rings is 7. The first-order chi connectivity index (χ1) is 41.7. The predicted molar refractivity (Wildman–Crippen MR) is 302 cm³/mol. The smallest absolute Gasteiger partial charge is 0.356 e. The van der Waals surface area contributed by atoms with E-state index >= 15 is 0 Å². The number of halogens is 1. The Balaban J connectivity index is 1.22. The number of carboxylic acids is 2. The van der Waals surface area contributed by atoms with Crippen LogP contribution >= 0.6 is 23.6 Å². The number of carboxylic acid groups (broad SMARTS) is 2. The lowest BCUT2D eigenvalue weighted by Gasteiger charge is -2.15. The number of anilines is 1. The minimum atomic E-state index is -5.75.